The monoisotopic (exact) mass is 232 g/mol. The number of hydrogen-bond donors (Lipinski definition) is 2. The molecule has 0 saturated carbocycles. The molecule has 0 radical (unpaired) electrons. The summed E-state index contributed by atoms with van der Waals surface area (Å²) in [5.74, 6) is -0.869. The predicted molar refractivity (Wildman–Crippen MR) is 62.8 cm³/mol. The van der Waals surface area contributed by atoms with Gasteiger partial charge in [-0.1, -0.05) is 0 Å². The number of aromatic carboxylic acids is 1. The van der Waals surface area contributed by atoms with E-state index in [0.717, 1.165) is 11.3 Å². The van der Waals surface area contributed by atoms with Gasteiger partial charge in [-0.2, -0.15) is 0 Å². The number of rotatable bonds is 2. The van der Waals surface area contributed by atoms with Gasteiger partial charge in [-0.25, -0.2) is 9.78 Å². The third kappa shape index (κ3) is 1.99. The zero-order valence-electron chi connectivity index (χ0n) is 9.52. The summed E-state index contributed by atoms with van der Waals surface area (Å²) in [4.78, 5) is 15.0. The quantitative estimate of drug-likeness (QED) is 0.828. The Bertz CT molecular complexity index is 587. The minimum Gasteiger partial charge on any atom is -0.475 e. The summed E-state index contributed by atoms with van der Waals surface area (Å²) in [5, 5.41) is 8.78. The Labute approximate surface area is 97.9 Å². The normalized spacial score (nSPS) is 10.5. The van der Waals surface area contributed by atoms with Crippen molar-refractivity contribution in [1.29, 1.82) is 0 Å². The molecule has 0 amide bonds. The number of anilines is 1. The van der Waals surface area contributed by atoms with Gasteiger partial charge in [0, 0.05) is 5.69 Å². The van der Waals surface area contributed by atoms with Gasteiger partial charge >= 0.3 is 5.97 Å². The fourth-order valence-corrected chi connectivity index (χ4v) is 1.61. The fourth-order valence-electron chi connectivity index (χ4n) is 1.61. The van der Waals surface area contributed by atoms with Crippen molar-refractivity contribution in [3.05, 3.63) is 35.2 Å². The Kier molecular flexibility index (Phi) is 2.59. The molecule has 2 rings (SSSR count). The maximum Gasteiger partial charge on any atom is 0.371 e. The molecule has 0 unspecified atom stereocenters. The molecule has 2 aromatic heterocycles. The number of pyridine rings is 1. The van der Waals surface area contributed by atoms with Crippen molar-refractivity contribution < 1.29 is 14.3 Å². The Morgan fingerprint density at radius 3 is 2.71 bits per heavy atom. The van der Waals surface area contributed by atoms with Gasteiger partial charge in [-0.15, -0.1) is 0 Å². The minimum atomic E-state index is -1.11. The van der Waals surface area contributed by atoms with Crippen molar-refractivity contribution in [2.45, 2.75) is 13.8 Å². The molecule has 0 fully saturated rings. The van der Waals surface area contributed by atoms with E-state index in [-0.39, 0.29) is 5.76 Å². The van der Waals surface area contributed by atoms with Crippen LogP contribution in [-0.4, -0.2) is 16.1 Å². The van der Waals surface area contributed by atoms with Crippen molar-refractivity contribution in [3.63, 3.8) is 0 Å². The highest BCUT2D eigenvalue weighted by Gasteiger charge is 2.14. The Morgan fingerprint density at radius 2 is 2.12 bits per heavy atom. The molecule has 3 N–H and O–H groups in total. The number of carboxylic acid groups (broad SMARTS) is 1. The molecular formula is C12H12N2O3. The summed E-state index contributed by atoms with van der Waals surface area (Å²) >= 11 is 0. The van der Waals surface area contributed by atoms with Crippen LogP contribution in [0.25, 0.3) is 11.5 Å². The van der Waals surface area contributed by atoms with Crippen LogP contribution in [0.15, 0.2) is 22.6 Å². The zero-order chi connectivity index (χ0) is 12.6. The molecule has 2 aromatic rings. The van der Waals surface area contributed by atoms with E-state index in [4.69, 9.17) is 15.3 Å². The van der Waals surface area contributed by atoms with Crippen molar-refractivity contribution in [1.82, 2.24) is 4.98 Å². The second-order valence-corrected chi connectivity index (χ2v) is 3.81. The van der Waals surface area contributed by atoms with Crippen molar-refractivity contribution >= 4 is 11.7 Å². The van der Waals surface area contributed by atoms with E-state index in [2.05, 4.69) is 4.98 Å². The van der Waals surface area contributed by atoms with E-state index in [1.807, 2.05) is 19.9 Å². The third-order valence-corrected chi connectivity index (χ3v) is 2.44. The van der Waals surface area contributed by atoms with Gasteiger partial charge < -0.3 is 15.3 Å². The number of carbonyl (C=O) groups is 1. The smallest absolute Gasteiger partial charge is 0.371 e. The number of furan rings is 1. The van der Waals surface area contributed by atoms with E-state index >= 15 is 0 Å². The molecule has 0 aliphatic rings. The van der Waals surface area contributed by atoms with Gasteiger partial charge in [0.05, 0.1) is 5.69 Å². The molecule has 17 heavy (non-hydrogen) atoms. The van der Waals surface area contributed by atoms with E-state index in [1.165, 1.54) is 6.07 Å². The van der Waals surface area contributed by atoms with E-state index in [1.54, 1.807) is 6.07 Å². The lowest BCUT2D eigenvalue weighted by molar-refractivity contribution is 0.0663. The van der Waals surface area contributed by atoms with Crippen LogP contribution in [0, 0.1) is 13.8 Å². The summed E-state index contributed by atoms with van der Waals surface area (Å²) in [5.41, 5.74) is 8.58. The first kappa shape index (κ1) is 11.2. The molecular weight excluding hydrogens is 220 g/mol. The highest BCUT2D eigenvalue weighted by molar-refractivity contribution is 5.85. The largest absolute Gasteiger partial charge is 0.475 e. The van der Waals surface area contributed by atoms with Gasteiger partial charge in [-0.05, 0) is 37.6 Å². The SMILES string of the molecule is Cc1cc(C)c(N)c(-c2ccc(C(=O)O)o2)n1. The van der Waals surface area contributed by atoms with Crippen LogP contribution in [0.2, 0.25) is 0 Å². The second-order valence-electron chi connectivity index (χ2n) is 3.81. The van der Waals surface area contributed by atoms with Crippen LogP contribution in [0.5, 0.6) is 0 Å². The van der Waals surface area contributed by atoms with Gasteiger partial charge in [0.1, 0.15) is 5.69 Å². The molecule has 0 aliphatic heterocycles. The molecule has 0 spiro atoms. The predicted octanol–water partition coefficient (Wildman–Crippen LogP) is 2.24. The Balaban J connectivity index is 2.56. The summed E-state index contributed by atoms with van der Waals surface area (Å²) in [6, 6.07) is 4.80. The maximum atomic E-state index is 10.7. The van der Waals surface area contributed by atoms with E-state index in [0.29, 0.717) is 17.1 Å². The van der Waals surface area contributed by atoms with Crippen molar-refractivity contribution in [2.75, 3.05) is 5.73 Å². The molecule has 5 nitrogen and oxygen atoms in total. The highest BCUT2D eigenvalue weighted by atomic mass is 16.4. The minimum absolute atomic E-state index is 0.125. The molecule has 5 heteroatoms. The Morgan fingerprint density at radius 1 is 1.41 bits per heavy atom. The lowest BCUT2D eigenvalue weighted by Crippen LogP contribution is -1.98. The number of nitrogens with zero attached hydrogens (tertiary/aromatic N) is 1. The summed E-state index contributed by atoms with van der Waals surface area (Å²) in [6.45, 7) is 3.71. The lowest BCUT2D eigenvalue weighted by Gasteiger charge is -2.06. The molecule has 0 atom stereocenters. The zero-order valence-corrected chi connectivity index (χ0v) is 9.52. The van der Waals surface area contributed by atoms with Crippen LogP contribution in [0.1, 0.15) is 21.8 Å². The van der Waals surface area contributed by atoms with Crippen molar-refractivity contribution in [3.8, 4) is 11.5 Å². The van der Waals surface area contributed by atoms with Gasteiger partial charge in [-0.3, -0.25) is 0 Å². The summed E-state index contributed by atoms with van der Waals surface area (Å²) in [6.07, 6.45) is 0. The van der Waals surface area contributed by atoms with E-state index < -0.39 is 5.97 Å². The number of hydrogen-bond acceptors (Lipinski definition) is 4. The maximum absolute atomic E-state index is 10.7. The van der Waals surface area contributed by atoms with Gasteiger partial charge in [0.15, 0.2) is 5.76 Å². The molecule has 2 heterocycles. The molecule has 0 saturated heterocycles. The number of nitrogen functional groups attached to an aromatic ring is 1. The van der Waals surface area contributed by atoms with Crippen LogP contribution >= 0.6 is 0 Å². The topological polar surface area (TPSA) is 89.4 Å². The molecule has 0 bridgehead atoms. The number of aromatic nitrogens is 1. The first-order valence-electron chi connectivity index (χ1n) is 5.06. The standard InChI is InChI=1S/C12H12N2O3/c1-6-5-7(2)14-11(10(6)13)8-3-4-9(17-8)12(15)16/h3-5H,13H2,1-2H3,(H,15,16). The van der Waals surface area contributed by atoms with Crippen LogP contribution in [0.3, 0.4) is 0 Å². The number of carboxylic acids is 1. The third-order valence-electron chi connectivity index (χ3n) is 2.44. The van der Waals surface area contributed by atoms with Crippen LogP contribution < -0.4 is 5.73 Å². The summed E-state index contributed by atoms with van der Waals surface area (Å²) in [7, 11) is 0. The average molecular weight is 232 g/mol. The van der Waals surface area contributed by atoms with Crippen molar-refractivity contribution in [2.24, 2.45) is 0 Å². The van der Waals surface area contributed by atoms with Gasteiger partial charge in [0.2, 0.25) is 5.76 Å². The number of aryl methyl sites for hydroxylation is 2. The fraction of sp³-hybridized carbons (Fsp3) is 0.167. The first-order valence-corrected chi connectivity index (χ1v) is 5.06. The lowest BCUT2D eigenvalue weighted by atomic mass is 10.1. The number of nitrogens with two attached hydrogens (primary N) is 1. The van der Waals surface area contributed by atoms with Crippen LogP contribution in [-0.2, 0) is 0 Å². The molecule has 88 valence electrons. The highest BCUT2D eigenvalue weighted by Crippen LogP contribution is 2.28. The molecule has 0 aliphatic carbocycles. The van der Waals surface area contributed by atoms with Crippen LogP contribution in [0.4, 0.5) is 5.69 Å². The average Bonchev–Trinajstić information content (AvgIpc) is 2.72. The summed E-state index contributed by atoms with van der Waals surface area (Å²) < 4.78 is 5.18. The first-order chi connectivity index (χ1) is 7.99. The molecule has 0 aromatic carbocycles. The Hall–Kier alpha value is -2.30. The van der Waals surface area contributed by atoms with E-state index in [9.17, 15) is 4.79 Å². The second kappa shape index (κ2) is 3.93. The van der Waals surface area contributed by atoms with Gasteiger partial charge in [0.25, 0.3) is 0 Å².